The Morgan fingerprint density at radius 2 is 0.559 bits per heavy atom. The van der Waals surface area contributed by atoms with E-state index in [1.165, 1.54) is 109 Å². The van der Waals surface area contributed by atoms with Gasteiger partial charge in [0.15, 0.2) is 0 Å². The van der Waals surface area contributed by atoms with Crippen molar-refractivity contribution in [3.63, 3.8) is 0 Å². The predicted molar refractivity (Wildman–Crippen MR) is 526 cm³/mol. The van der Waals surface area contributed by atoms with Gasteiger partial charge in [-0.1, -0.05) is 350 Å². The molecule has 1 saturated heterocycles. The summed E-state index contributed by atoms with van der Waals surface area (Å²) in [5.74, 6) is -0.340. The Hall–Kier alpha value is -10.3. The molecule has 1 heterocycles. The van der Waals surface area contributed by atoms with Crippen molar-refractivity contribution in [2.24, 2.45) is 0 Å². The van der Waals surface area contributed by atoms with Gasteiger partial charge in [0.2, 0.25) is 0 Å². The van der Waals surface area contributed by atoms with Gasteiger partial charge in [0.25, 0.3) is 0 Å². The summed E-state index contributed by atoms with van der Waals surface area (Å²) in [6.45, 7) is 24.4. The van der Waals surface area contributed by atoms with Gasteiger partial charge in [-0.15, -0.1) is 0 Å². The number of para-hydroxylation sites is 3. The van der Waals surface area contributed by atoms with Gasteiger partial charge in [-0.2, -0.15) is 0 Å². The number of esters is 1. The van der Waals surface area contributed by atoms with Crippen molar-refractivity contribution in [2.75, 3.05) is 23.1 Å². The molecule has 0 spiro atoms. The van der Waals surface area contributed by atoms with Crippen molar-refractivity contribution < 1.29 is 18.8 Å². The smallest absolute Gasteiger partial charge is 0.465 e. The second-order valence-electron chi connectivity index (χ2n) is 28.9. The maximum absolute atomic E-state index is 12.5. The fourth-order valence-electron chi connectivity index (χ4n) is 16.0. The number of ether oxygens (including phenoxy) is 1. The van der Waals surface area contributed by atoms with Crippen LogP contribution in [0.25, 0.3) is 140 Å². The Labute approximate surface area is 730 Å². The van der Waals surface area contributed by atoms with E-state index in [0.29, 0.717) is 15.6 Å². The van der Waals surface area contributed by atoms with E-state index in [-0.39, 0.29) is 17.2 Å². The maximum Gasteiger partial charge on any atom is 0.495 e. The minimum absolute atomic E-state index is 0.340. The molecule has 118 heavy (non-hydrogen) atoms. The number of carbonyl (C=O) groups excluding carboxylic acids is 1. The maximum atomic E-state index is 12.5. The molecule has 0 amide bonds. The molecule has 0 aliphatic carbocycles. The van der Waals surface area contributed by atoms with Crippen LogP contribution in [-0.2, 0) is 14.0 Å². The summed E-state index contributed by atoms with van der Waals surface area (Å²) < 4.78 is 21.3. The van der Waals surface area contributed by atoms with Gasteiger partial charge < -0.3 is 30.0 Å². The van der Waals surface area contributed by atoms with Crippen LogP contribution >= 0.6 is 82.6 Å². The van der Waals surface area contributed by atoms with E-state index in [1.807, 2.05) is 152 Å². The van der Waals surface area contributed by atoms with Gasteiger partial charge in [0.05, 0.1) is 56.0 Å². The molecule has 1 aliphatic heterocycles. The molecule has 0 unspecified atom stereocenters. The Kier molecular flexibility index (Phi) is 25.8. The van der Waals surface area contributed by atoms with Crippen LogP contribution in [0, 0.1) is 0 Å². The summed E-state index contributed by atoms with van der Waals surface area (Å²) in [4.78, 5) is 12.5. The summed E-state index contributed by atoms with van der Waals surface area (Å²) in [5, 5.41) is 42.1. The first-order chi connectivity index (χ1) is 57.4. The van der Waals surface area contributed by atoms with Crippen LogP contribution in [0.2, 0.25) is 15.1 Å². The first kappa shape index (κ1) is 84.2. The predicted octanol–water partition coefficient (Wildman–Crippen LogP) is 33.7. The highest BCUT2D eigenvalue weighted by atomic mass is 79.9. The van der Waals surface area contributed by atoms with E-state index in [0.717, 1.165) is 96.1 Å². The van der Waals surface area contributed by atoms with Gasteiger partial charge in [-0.3, -0.25) is 0 Å². The molecule has 3 N–H and O–H groups in total. The van der Waals surface area contributed by atoms with E-state index >= 15 is 0 Å². The van der Waals surface area contributed by atoms with Crippen LogP contribution in [0.3, 0.4) is 0 Å². The minimum atomic E-state index is -0.403. The standard InChI is InChI=1S/C30H20ClNO2.C28H25BClNO2.C22H13BrClN.C16H8Br2.4C2H6/c1-34-30(33)23-7-3-2-6-20(23)21-14-10-18-12-16-24-26(32-27-9-5-4-8-25(27)31)17-13-19-11-15-22(21)28(18)29(19)24;1-27(2)28(3,4)33-29(32-27)21-15-11-17-10-14-20-23(31-24-8-6-5-7-22(24)30)16-12-18-9-13-19(21)25(17)26(18)20;23-17-11-7-13-6-10-16-19(25-20-4-2-1-3-18(20)24)12-8-14-5-9-15(17)21(13)22(14)16;17-13-8-4-10-2-6-12-14(18)7-3-9-1-5-11(13)16(10)15(9)12;4*1-2/h2-17,32H,1H3;5-16,31H,1-4H3;1-12,25H;1-8H;4*1-2H3. The molecule has 0 aromatic heterocycles. The second-order valence-corrected chi connectivity index (χ2v) is 32.7. The molecule has 7 nitrogen and oxygen atoms in total. The Bertz CT molecular complexity index is 6950. The molecule has 0 saturated carbocycles. The molecule has 20 aromatic rings. The highest BCUT2D eigenvalue weighted by Gasteiger charge is 2.52. The number of methoxy groups -OCH3 is 1. The third-order valence-electron chi connectivity index (χ3n) is 22.1. The summed E-state index contributed by atoms with van der Waals surface area (Å²) in [5.41, 5.74) is 8.51. The number of hydrogen-bond donors (Lipinski definition) is 3. The van der Waals surface area contributed by atoms with Gasteiger partial charge in [0, 0.05) is 46.6 Å². The van der Waals surface area contributed by atoms with Crippen molar-refractivity contribution >= 4 is 265 Å². The van der Waals surface area contributed by atoms with Crippen LogP contribution in [0.15, 0.2) is 305 Å². The molecule has 0 radical (unpaired) electrons. The normalized spacial score (nSPS) is 12.6. The van der Waals surface area contributed by atoms with Crippen molar-refractivity contribution in [3.8, 4) is 11.1 Å². The monoisotopic (exact) mass is 1800 g/mol. The van der Waals surface area contributed by atoms with Crippen LogP contribution in [0.1, 0.15) is 93.4 Å². The van der Waals surface area contributed by atoms with Crippen LogP contribution in [-0.4, -0.2) is 31.4 Å². The zero-order valence-electron chi connectivity index (χ0n) is 68.2. The van der Waals surface area contributed by atoms with Gasteiger partial charge in [0.1, 0.15) is 0 Å². The van der Waals surface area contributed by atoms with Crippen molar-refractivity contribution in [3.05, 3.63) is 325 Å². The Balaban J connectivity index is 0.000000128. The quantitative estimate of drug-likeness (QED) is 0.0755. The molecular weight excluding hydrogens is 1710 g/mol. The molecule has 1 fully saturated rings. The minimum Gasteiger partial charge on any atom is -0.465 e. The lowest BCUT2D eigenvalue weighted by atomic mass is 9.74. The van der Waals surface area contributed by atoms with E-state index in [1.54, 1.807) is 0 Å². The Morgan fingerprint density at radius 1 is 0.297 bits per heavy atom. The highest BCUT2D eigenvalue weighted by molar-refractivity contribution is 9.11. The zero-order valence-corrected chi connectivity index (χ0v) is 75.2. The number of hydrogen-bond acceptors (Lipinski definition) is 7. The van der Waals surface area contributed by atoms with Gasteiger partial charge in [-0.25, -0.2) is 4.79 Å². The topological polar surface area (TPSA) is 80.8 Å². The molecule has 20 aromatic carbocycles. The van der Waals surface area contributed by atoms with E-state index in [4.69, 9.17) is 48.8 Å². The lowest BCUT2D eigenvalue weighted by Gasteiger charge is -2.32. The van der Waals surface area contributed by atoms with Crippen molar-refractivity contribution in [1.29, 1.82) is 0 Å². The molecule has 0 atom stereocenters. The molecule has 21 rings (SSSR count). The fourth-order valence-corrected chi connectivity index (χ4v) is 17.9. The third-order valence-corrected chi connectivity index (χ3v) is 25.2. The zero-order chi connectivity index (χ0) is 83.4. The average molecular weight is 1800 g/mol. The highest BCUT2D eigenvalue weighted by Crippen LogP contribution is 2.48. The average Bonchev–Trinajstić information content (AvgIpc) is 0.757. The lowest BCUT2D eigenvalue weighted by molar-refractivity contribution is 0.00578. The van der Waals surface area contributed by atoms with E-state index in [9.17, 15) is 4.79 Å². The van der Waals surface area contributed by atoms with Crippen LogP contribution in [0.5, 0.6) is 0 Å². The summed E-state index contributed by atoms with van der Waals surface area (Å²) in [6, 6.07) is 100. The van der Waals surface area contributed by atoms with E-state index in [2.05, 4.69) is 286 Å². The number of benzene rings is 20. The number of nitrogens with one attached hydrogen (secondary N) is 3. The SMILES string of the molecule is Brc1ccc2ccc3c(Br)ccc4ccc1c2c43.CC.CC.CC.CC.CC1(C)OB(c2ccc3ccc4c(Nc5ccccc5Cl)ccc5ccc2c3c54)OC1(C)C.COC(=O)c1ccccc1-c1ccc2ccc3c(Nc4ccccc4Cl)ccc4ccc1c2c43.Clc1ccccc1Nc1ccc2ccc3c(Br)ccc4ccc1c2c43. The molecule has 0 bridgehead atoms. The van der Waals surface area contributed by atoms with E-state index < -0.39 is 7.12 Å². The van der Waals surface area contributed by atoms with Gasteiger partial charge >= 0.3 is 13.1 Å². The fraction of sp³-hybridized carbons (Fsp3) is 0.144. The molecular formula is C104H90BBr3Cl3N3O4. The first-order valence-corrected chi connectivity index (χ1v) is 43.8. The third kappa shape index (κ3) is 15.8. The van der Waals surface area contributed by atoms with Crippen molar-refractivity contribution in [2.45, 2.75) is 94.3 Å². The number of anilines is 6. The molecule has 14 heteroatoms. The number of halogens is 6. The summed E-state index contributed by atoms with van der Waals surface area (Å²) in [7, 11) is 1.01. The van der Waals surface area contributed by atoms with Gasteiger partial charge in [-0.05, 0) is 236 Å². The Morgan fingerprint density at radius 3 is 0.915 bits per heavy atom. The summed E-state index contributed by atoms with van der Waals surface area (Å²) >= 11 is 30.2. The number of carbonyl (C=O) groups is 1. The van der Waals surface area contributed by atoms with Crippen LogP contribution < -0.4 is 21.4 Å². The summed E-state index contributed by atoms with van der Waals surface area (Å²) in [6.07, 6.45) is 0. The second kappa shape index (κ2) is 36.1. The van der Waals surface area contributed by atoms with Crippen LogP contribution in [0.4, 0.5) is 34.1 Å². The molecule has 590 valence electrons. The van der Waals surface area contributed by atoms with Crippen molar-refractivity contribution in [1.82, 2.24) is 0 Å². The number of rotatable bonds is 9. The lowest BCUT2D eigenvalue weighted by Crippen LogP contribution is -2.41. The first-order valence-electron chi connectivity index (χ1n) is 40.2. The molecule has 1 aliphatic rings. The largest absolute Gasteiger partial charge is 0.495 e.